The molecule has 5 aliphatic rings. The van der Waals surface area contributed by atoms with Crippen LogP contribution in [0.25, 0.3) is 0 Å². The van der Waals surface area contributed by atoms with Gasteiger partial charge in [-0.05, 0) is 115 Å². The Morgan fingerprint density at radius 3 is 2.29 bits per heavy atom. The zero-order chi connectivity index (χ0) is 29.6. The van der Waals surface area contributed by atoms with Gasteiger partial charge >= 0.3 is 0 Å². The van der Waals surface area contributed by atoms with Crippen LogP contribution in [0.2, 0.25) is 0 Å². The van der Waals surface area contributed by atoms with Gasteiger partial charge in [0.1, 0.15) is 0 Å². The molecule has 5 aliphatic carbocycles. The van der Waals surface area contributed by atoms with Crippen LogP contribution in [-0.2, 0) is 9.59 Å². The molecule has 5 heteroatoms. The summed E-state index contributed by atoms with van der Waals surface area (Å²) in [4.78, 5) is 33.8. The SMILES string of the molecule is CC1(C)[C@@H](O)CC[C@]2(C)[C@H]3C(=O)C=C4[C@@H]5C[C@@](C)(C(=O)NOc6ccccc6)CC[C@]5(C)CC[C@@]4(C)[C@]3(C)CC[C@@H]12. The second-order valence-corrected chi connectivity index (χ2v) is 16.5. The standard InChI is InChI=1S/C36H51NO4/c1-31(2)27-13-16-36(7)29(34(27,5)15-14-28(31)39)26(38)21-24-25-22-33(4,18-17-32(25,3)19-20-35(24,36)6)30(40)37-41-23-11-9-8-10-12-23/h8-12,21,25,27-29,39H,13-20,22H2,1-7H3,(H,37,40)/t25-,27-,28-,29+,32+,33-,34-,35+,36+/m0/s1. The molecule has 0 radical (unpaired) electrons. The van der Waals surface area contributed by atoms with E-state index in [1.165, 1.54) is 5.57 Å². The first-order chi connectivity index (χ1) is 19.1. The van der Waals surface area contributed by atoms with Crippen LogP contribution >= 0.6 is 0 Å². The number of aliphatic hydroxyl groups excluding tert-OH is 1. The topological polar surface area (TPSA) is 75.6 Å². The quantitative estimate of drug-likeness (QED) is 0.376. The minimum atomic E-state index is -0.563. The highest BCUT2D eigenvalue weighted by Gasteiger charge is 2.70. The molecule has 4 saturated carbocycles. The molecule has 5 nitrogen and oxygen atoms in total. The van der Waals surface area contributed by atoms with Gasteiger partial charge in [0.15, 0.2) is 11.5 Å². The number of hydrogen-bond donors (Lipinski definition) is 2. The second kappa shape index (κ2) is 9.18. The van der Waals surface area contributed by atoms with Gasteiger partial charge in [0, 0.05) is 11.3 Å². The first-order valence-corrected chi connectivity index (χ1v) is 16.1. The van der Waals surface area contributed by atoms with E-state index in [0.29, 0.717) is 17.5 Å². The molecule has 9 atom stereocenters. The van der Waals surface area contributed by atoms with Crippen LogP contribution in [-0.4, -0.2) is 22.9 Å². The van der Waals surface area contributed by atoms with Crippen molar-refractivity contribution in [2.24, 2.45) is 50.2 Å². The Bertz CT molecular complexity index is 1270. The van der Waals surface area contributed by atoms with Crippen molar-refractivity contribution in [3.63, 3.8) is 0 Å². The number of carbonyl (C=O) groups is 2. The Labute approximate surface area is 246 Å². The van der Waals surface area contributed by atoms with Crippen molar-refractivity contribution in [2.45, 2.75) is 112 Å². The maximum atomic E-state index is 14.5. The average Bonchev–Trinajstić information content (AvgIpc) is 2.92. The lowest BCUT2D eigenvalue weighted by atomic mass is 9.33. The van der Waals surface area contributed by atoms with E-state index in [2.05, 4.69) is 60.0 Å². The number of fused-ring (bicyclic) bond motifs is 7. The molecule has 4 fully saturated rings. The number of rotatable bonds is 3. The molecule has 0 bridgehead atoms. The van der Waals surface area contributed by atoms with Crippen LogP contribution in [0.3, 0.4) is 0 Å². The number of hydrogen-bond acceptors (Lipinski definition) is 4. The molecule has 0 heterocycles. The minimum absolute atomic E-state index is 0.0313. The van der Waals surface area contributed by atoms with Crippen LogP contribution in [0.5, 0.6) is 5.75 Å². The molecular weight excluding hydrogens is 510 g/mol. The zero-order valence-corrected chi connectivity index (χ0v) is 26.3. The van der Waals surface area contributed by atoms with Crippen LogP contribution in [0.1, 0.15) is 106 Å². The number of allylic oxidation sites excluding steroid dienone is 2. The normalized spacial score (nSPS) is 46.6. The molecule has 0 spiro atoms. The number of para-hydroxylation sites is 1. The molecule has 1 aromatic carbocycles. The summed E-state index contributed by atoms with van der Waals surface area (Å²) in [5.74, 6) is 1.35. The van der Waals surface area contributed by atoms with Gasteiger partial charge in [0.25, 0.3) is 5.91 Å². The molecule has 1 aromatic rings. The fourth-order valence-corrected chi connectivity index (χ4v) is 11.1. The van der Waals surface area contributed by atoms with Crippen molar-refractivity contribution in [1.82, 2.24) is 5.48 Å². The number of nitrogens with one attached hydrogen (secondary N) is 1. The lowest BCUT2D eigenvalue weighted by Gasteiger charge is -2.70. The van der Waals surface area contributed by atoms with Crippen LogP contribution in [0.15, 0.2) is 42.0 Å². The summed E-state index contributed by atoms with van der Waals surface area (Å²) in [6.45, 7) is 16.2. The highest BCUT2D eigenvalue weighted by Crippen LogP contribution is 2.75. The fourth-order valence-electron chi connectivity index (χ4n) is 11.1. The summed E-state index contributed by atoms with van der Waals surface area (Å²) in [5.41, 5.74) is 3.08. The lowest BCUT2D eigenvalue weighted by Crippen LogP contribution is -2.66. The molecule has 41 heavy (non-hydrogen) atoms. The molecule has 1 amide bonds. The van der Waals surface area contributed by atoms with E-state index >= 15 is 0 Å². The Kier molecular flexibility index (Phi) is 6.48. The summed E-state index contributed by atoms with van der Waals surface area (Å²) in [5, 5.41) is 11.0. The fraction of sp³-hybridized carbons (Fsp3) is 0.722. The van der Waals surface area contributed by atoms with E-state index in [-0.39, 0.29) is 50.9 Å². The van der Waals surface area contributed by atoms with E-state index < -0.39 is 5.41 Å². The first-order valence-electron chi connectivity index (χ1n) is 16.1. The third kappa shape index (κ3) is 3.96. The van der Waals surface area contributed by atoms with Crippen molar-refractivity contribution in [3.05, 3.63) is 42.0 Å². The molecule has 6 rings (SSSR count). The second-order valence-electron chi connectivity index (χ2n) is 16.5. The molecular formula is C36H51NO4. The van der Waals surface area contributed by atoms with Crippen molar-refractivity contribution >= 4 is 11.7 Å². The summed E-state index contributed by atoms with van der Waals surface area (Å²) in [6.07, 6.45) is 10.3. The summed E-state index contributed by atoms with van der Waals surface area (Å²) >= 11 is 0. The van der Waals surface area contributed by atoms with Gasteiger partial charge in [0.2, 0.25) is 0 Å². The van der Waals surface area contributed by atoms with Gasteiger partial charge in [-0.3, -0.25) is 9.59 Å². The van der Waals surface area contributed by atoms with E-state index in [1.807, 2.05) is 30.3 Å². The lowest BCUT2D eigenvalue weighted by molar-refractivity contribution is -0.202. The molecule has 224 valence electrons. The smallest absolute Gasteiger partial charge is 0.258 e. The largest absolute Gasteiger partial charge is 0.393 e. The Morgan fingerprint density at radius 1 is 0.902 bits per heavy atom. The monoisotopic (exact) mass is 561 g/mol. The molecule has 0 unspecified atom stereocenters. The van der Waals surface area contributed by atoms with Gasteiger partial charge < -0.3 is 9.94 Å². The van der Waals surface area contributed by atoms with Crippen molar-refractivity contribution < 1.29 is 19.5 Å². The zero-order valence-electron chi connectivity index (χ0n) is 26.3. The Hall–Kier alpha value is -2.14. The Morgan fingerprint density at radius 2 is 1.59 bits per heavy atom. The maximum Gasteiger partial charge on any atom is 0.258 e. The van der Waals surface area contributed by atoms with Crippen LogP contribution < -0.4 is 10.3 Å². The minimum Gasteiger partial charge on any atom is -0.393 e. The average molecular weight is 562 g/mol. The summed E-state index contributed by atoms with van der Waals surface area (Å²) < 4.78 is 0. The number of ketones is 1. The number of amides is 1. The van der Waals surface area contributed by atoms with E-state index in [4.69, 9.17) is 4.84 Å². The predicted octanol–water partition coefficient (Wildman–Crippen LogP) is 7.44. The van der Waals surface area contributed by atoms with E-state index in [0.717, 1.165) is 57.8 Å². The molecule has 0 saturated heterocycles. The van der Waals surface area contributed by atoms with Gasteiger partial charge in [-0.2, -0.15) is 5.48 Å². The van der Waals surface area contributed by atoms with Crippen molar-refractivity contribution in [1.29, 1.82) is 0 Å². The van der Waals surface area contributed by atoms with Gasteiger partial charge in [0.05, 0.1) is 6.10 Å². The van der Waals surface area contributed by atoms with Crippen molar-refractivity contribution in [3.8, 4) is 5.75 Å². The third-order valence-electron chi connectivity index (χ3n) is 14.1. The highest BCUT2D eigenvalue weighted by molar-refractivity contribution is 5.95. The molecule has 0 aliphatic heterocycles. The van der Waals surface area contributed by atoms with Crippen LogP contribution in [0, 0.1) is 50.2 Å². The van der Waals surface area contributed by atoms with Gasteiger partial charge in [-0.25, -0.2) is 0 Å². The number of carbonyl (C=O) groups excluding carboxylic acids is 2. The third-order valence-corrected chi connectivity index (χ3v) is 14.1. The number of hydroxylamine groups is 1. The number of benzene rings is 1. The van der Waals surface area contributed by atoms with E-state index in [9.17, 15) is 14.7 Å². The summed E-state index contributed by atoms with van der Waals surface area (Å²) in [6, 6.07) is 9.39. The van der Waals surface area contributed by atoms with Gasteiger partial charge in [-0.15, -0.1) is 0 Å². The van der Waals surface area contributed by atoms with E-state index in [1.54, 1.807) is 0 Å². The predicted molar refractivity (Wildman–Crippen MR) is 161 cm³/mol. The maximum absolute atomic E-state index is 14.5. The van der Waals surface area contributed by atoms with Crippen molar-refractivity contribution in [2.75, 3.05) is 0 Å². The molecule has 2 N–H and O–H groups in total. The van der Waals surface area contributed by atoms with Crippen LogP contribution in [0.4, 0.5) is 0 Å². The van der Waals surface area contributed by atoms with Gasteiger partial charge in [-0.1, -0.05) is 72.2 Å². The number of aliphatic hydroxyl groups is 1. The first kappa shape index (κ1) is 29.0. The summed E-state index contributed by atoms with van der Waals surface area (Å²) in [7, 11) is 0. The Balaban J connectivity index is 1.34. The highest BCUT2D eigenvalue weighted by atomic mass is 16.7. The molecule has 0 aromatic heterocycles.